The quantitative estimate of drug-likeness (QED) is 0.0957. The van der Waals surface area contributed by atoms with Gasteiger partial charge >= 0.3 is 5.97 Å². The predicted molar refractivity (Wildman–Crippen MR) is 159 cm³/mol. The summed E-state index contributed by atoms with van der Waals surface area (Å²) >= 11 is 0. The van der Waals surface area contributed by atoms with Crippen molar-refractivity contribution in [2.24, 2.45) is 33.9 Å². The Hall–Kier alpha value is -6.13. The predicted octanol–water partition coefficient (Wildman–Crippen LogP) is 0.947. The van der Waals surface area contributed by atoms with Crippen molar-refractivity contribution in [3.8, 4) is 0 Å². The summed E-state index contributed by atoms with van der Waals surface area (Å²) in [4.78, 5) is 62.3. The van der Waals surface area contributed by atoms with Gasteiger partial charge in [0.25, 0.3) is 23.6 Å². The van der Waals surface area contributed by atoms with Gasteiger partial charge in [0.2, 0.25) is 0 Å². The number of nitrogens with two attached hydrogens (primary N) is 1. The number of hydrogen-bond donors (Lipinski definition) is 7. The van der Waals surface area contributed by atoms with E-state index >= 15 is 0 Å². The number of nitrogens with zero attached hydrogens (tertiary/aromatic N) is 5. The zero-order chi connectivity index (χ0) is 32.3. The minimum Gasteiger partial charge on any atom is -0.476 e. The third-order valence-corrected chi connectivity index (χ3v) is 6.50. The fourth-order valence-corrected chi connectivity index (χ4v) is 4.35. The van der Waals surface area contributed by atoms with Crippen molar-refractivity contribution in [2.45, 2.75) is 6.42 Å². The summed E-state index contributed by atoms with van der Waals surface area (Å²) in [5.41, 5.74) is 6.79. The van der Waals surface area contributed by atoms with Crippen LogP contribution >= 0.6 is 0 Å². The molecule has 4 aromatic rings. The number of hydrogen-bond acceptors (Lipinski definition) is 7. The molecule has 0 bridgehead atoms. The van der Waals surface area contributed by atoms with Gasteiger partial charge in [0.05, 0.1) is 22.9 Å². The molecule has 0 unspecified atom stereocenters. The Balaban J connectivity index is 1.40. The molecule has 0 aliphatic carbocycles. The normalized spacial score (nSPS) is 10.7. The third-order valence-electron chi connectivity index (χ3n) is 6.50. The van der Waals surface area contributed by atoms with Crippen LogP contribution in [0, 0.1) is 5.41 Å². The SMILES string of the molecule is Cn1cc(NC(=O)c2cc(NC(=O)c3cc(NC(=O)c4cc(C(=O)O)nn4C)cn3C)cn2C)cc1C(=O)NCCC(=N)N. The largest absolute Gasteiger partial charge is 0.476 e. The van der Waals surface area contributed by atoms with Crippen LogP contribution in [-0.4, -0.2) is 70.6 Å². The first-order chi connectivity index (χ1) is 20.7. The summed E-state index contributed by atoms with van der Waals surface area (Å²) in [5, 5.41) is 30.8. The zero-order valence-electron chi connectivity index (χ0n) is 24.3. The summed E-state index contributed by atoms with van der Waals surface area (Å²) in [6.07, 6.45) is 4.87. The molecule has 0 radical (unpaired) electrons. The maximum Gasteiger partial charge on any atom is 0.356 e. The first-order valence-corrected chi connectivity index (χ1v) is 13.0. The van der Waals surface area contributed by atoms with Crippen LogP contribution in [0.1, 0.15) is 58.9 Å². The standard InChI is InChI=1S/C27H31N11O6/c1-35-11-14(7-18(35)23(39)30-6-5-22(28)29)31-24(40)19-8-15(12-36(19)2)32-25(41)20-9-16(13-37(20)3)33-26(42)21-10-17(27(43)44)34-38(21)4/h7-13H,5-6H2,1-4H3,(H3,28,29)(H,30,39)(H,31,40)(H,32,41)(H,33,42)(H,43,44). The molecule has 4 aromatic heterocycles. The smallest absolute Gasteiger partial charge is 0.356 e. The summed E-state index contributed by atoms with van der Waals surface area (Å²) in [6.45, 7) is 0.207. The molecule has 0 atom stereocenters. The van der Waals surface area contributed by atoms with E-state index in [0.29, 0.717) is 22.8 Å². The van der Waals surface area contributed by atoms with E-state index in [1.54, 1.807) is 38.1 Å². The van der Waals surface area contributed by atoms with E-state index in [9.17, 15) is 24.0 Å². The van der Waals surface area contributed by atoms with Crippen molar-refractivity contribution in [2.75, 3.05) is 22.5 Å². The van der Waals surface area contributed by atoms with Crippen molar-refractivity contribution in [1.82, 2.24) is 28.8 Å². The van der Waals surface area contributed by atoms with E-state index in [0.717, 1.165) is 10.7 Å². The summed E-state index contributed by atoms with van der Waals surface area (Å²) < 4.78 is 5.72. The van der Waals surface area contributed by atoms with Crippen LogP contribution < -0.4 is 27.0 Å². The molecule has 8 N–H and O–H groups in total. The minimum atomic E-state index is -1.27. The number of carbonyl (C=O) groups excluding carboxylic acids is 4. The molecule has 0 aliphatic rings. The highest BCUT2D eigenvalue weighted by Crippen LogP contribution is 2.20. The van der Waals surface area contributed by atoms with Crippen LogP contribution in [0.2, 0.25) is 0 Å². The number of amidine groups is 1. The number of rotatable bonds is 11. The maximum absolute atomic E-state index is 13.0. The van der Waals surface area contributed by atoms with E-state index in [1.807, 2.05) is 0 Å². The van der Waals surface area contributed by atoms with Crippen LogP contribution in [0.4, 0.5) is 17.1 Å². The Bertz CT molecular complexity index is 1810. The molecule has 17 heteroatoms. The molecule has 0 aliphatic heterocycles. The molecule has 230 valence electrons. The number of anilines is 3. The average molecular weight is 606 g/mol. The Kier molecular flexibility index (Phi) is 8.68. The van der Waals surface area contributed by atoms with Crippen LogP contribution in [0.15, 0.2) is 42.9 Å². The molecule has 0 aromatic carbocycles. The van der Waals surface area contributed by atoms with Crippen molar-refractivity contribution < 1.29 is 29.1 Å². The fourth-order valence-electron chi connectivity index (χ4n) is 4.35. The number of carboxylic acid groups (broad SMARTS) is 1. The fraction of sp³-hybridized carbons (Fsp3) is 0.222. The second kappa shape index (κ2) is 12.4. The van der Waals surface area contributed by atoms with Gasteiger partial charge in [-0.15, -0.1) is 0 Å². The maximum atomic E-state index is 13.0. The summed E-state index contributed by atoms with van der Waals surface area (Å²) in [5.74, 6) is -3.29. The second-order valence-corrected chi connectivity index (χ2v) is 9.91. The van der Waals surface area contributed by atoms with Gasteiger partial charge in [-0.2, -0.15) is 5.10 Å². The second-order valence-electron chi connectivity index (χ2n) is 9.91. The van der Waals surface area contributed by atoms with Crippen molar-refractivity contribution in [3.63, 3.8) is 0 Å². The zero-order valence-corrected chi connectivity index (χ0v) is 24.3. The first-order valence-electron chi connectivity index (χ1n) is 13.0. The Morgan fingerprint density at radius 1 is 0.727 bits per heavy atom. The van der Waals surface area contributed by atoms with E-state index < -0.39 is 23.7 Å². The molecule has 17 nitrogen and oxygen atoms in total. The van der Waals surface area contributed by atoms with Gasteiger partial charge in [-0.3, -0.25) is 29.3 Å². The van der Waals surface area contributed by atoms with Crippen LogP contribution in [-0.2, 0) is 28.2 Å². The number of amides is 4. The van der Waals surface area contributed by atoms with E-state index in [4.69, 9.17) is 16.2 Å². The molecular weight excluding hydrogens is 574 g/mol. The highest BCUT2D eigenvalue weighted by atomic mass is 16.4. The van der Waals surface area contributed by atoms with Crippen LogP contribution in [0.5, 0.6) is 0 Å². The van der Waals surface area contributed by atoms with Gasteiger partial charge in [0.1, 0.15) is 22.8 Å². The van der Waals surface area contributed by atoms with Crippen molar-refractivity contribution in [1.29, 1.82) is 5.41 Å². The lowest BCUT2D eigenvalue weighted by Gasteiger charge is -2.04. The Morgan fingerprint density at radius 2 is 1.14 bits per heavy atom. The number of nitrogens with one attached hydrogen (secondary N) is 5. The lowest BCUT2D eigenvalue weighted by Crippen LogP contribution is -2.28. The molecular formula is C27H31N11O6. The number of carboxylic acids is 1. The highest BCUT2D eigenvalue weighted by Gasteiger charge is 2.21. The topological polar surface area (TPSA) is 236 Å². The van der Waals surface area contributed by atoms with Gasteiger partial charge < -0.3 is 45.8 Å². The third kappa shape index (κ3) is 6.84. The molecule has 44 heavy (non-hydrogen) atoms. The lowest BCUT2D eigenvalue weighted by molar-refractivity contribution is 0.0688. The Morgan fingerprint density at radius 3 is 1.52 bits per heavy atom. The lowest BCUT2D eigenvalue weighted by atomic mass is 10.3. The van der Waals surface area contributed by atoms with Gasteiger partial charge in [0.15, 0.2) is 5.69 Å². The number of aromatic nitrogens is 5. The van der Waals surface area contributed by atoms with Gasteiger partial charge in [-0.1, -0.05) is 0 Å². The molecule has 4 heterocycles. The van der Waals surface area contributed by atoms with Crippen molar-refractivity contribution in [3.05, 3.63) is 71.3 Å². The number of aryl methyl sites for hydroxylation is 4. The van der Waals surface area contributed by atoms with Crippen LogP contribution in [0.25, 0.3) is 0 Å². The Labute approximate surface area is 250 Å². The van der Waals surface area contributed by atoms with Crippen LogP contribution in [0.3, 0.4) is 0 Å². The number of carbonyl (C=O) groups is 5. The van der Waals surface area contributed by atoms with Gasteiger partial charge in [-0.25, -0.2) is 4.79 Å². The molecule has 0 saturated heterocycles. The van der Waals surface area contributed by atoms with Gasteiger partial charge in [0, 0.05) is 65.8 Å². The monoisotopic (exact) mass is 605 g/mol. The first kappa shape index (κ1) is 30.8. The number of aromatic carboxylic acids is 1. The molecule has 0 saturated carbocycles. The average Bonchev–Trinajstić information content (AvgIpc) is 3.69. The molecule has 0 spiro atoms. The molecule has 4 amide bonds. The van der Waals surface area contributed by atoms with E-state index in [2.05, 4.69) is 26.4 Å². The highest BCUT2D eigenvalue weighted by molar-refractivity contribution is 6.08. The van der Waals surface area contributed by atoms with Gasteiger partial charge in [-0.05, 0) is 18.2 Å². The van der Waals surface area contributed by atoms with Crippen molar-refractivity contribution >= 4 is 52.5 Å². The molecule has 0 fully saturated rings. The summed E-state index contributed by atoms with van der Waals surface area (Å²) in [7, 11) is 6.34. The van der Waals surface area contributed by atoms with E-state index in [1.165, 1.54) is 40.6 Å². The summed E-state index contributed by atoms with van der Waals surface area (Å²) in [6, 6.07) is 5.59. The van der Waals surface area contributed by atoms with E-state index in [-0.39, 0.29) is 47.5 Å². The minimum absolute atomic E-state index is 0.0204. The molecule has 4 rings (SSSR count).